The lowest BCUT2D eigenvalue weighted by molar-refractivity contribution is -0.125. The van der Waals surface area contributed by atoms with E-state index in [1.807, 2.05) is 24.3 Å². The topological polar surface area (TPSA) is 59.1 Å². The van der Waals surface area contributed by atoms with E-state index in [0.29, 0.717) is 5.75 Å². The first-order valence-corrected chi connectivity index (χ1v) is 9.12. The molecule has 0 saturated carbocycles. The summed E-state index contributed by atoms with van der Waals surface area (Å²) >= 11 is 1.63. The first-order valence-electron chi connectivity index (χ1n) is 5.99. The molecule has 0 radical (unpaired) electrons. The molecule has 0 spiro atoms. The van der Waals surface area contributed by atoms with E-state index in [9.17, 15) is 9.59 Å². The van der Waals surface area contributed by atoms with Crippen molar-refractivity contribution in [2.45, 2.75) is 24.2 Å². The van der Waals surface area contributed by atoms with E-state index in [4.69, 9.17) is 0 Å². The summed E-state index contributed by atoms with van der Waals surface area (Å²) in [6.45, 7) is 2.91. The molecule has 7 heteroatoms. The van der Waals surface area contributed by atoms with Crippen LogP contribution in [0.25, 0.3) is 10.2 Å². The predicted octanol–water partition coefficient (Wildman–Crippen LogP) is 3.13. The molecule has 0 aliphatic rings. The standard InChI is InChI=1S/C13H14N2O2S3/c1-8(16)11(14-9(2)17)7-18-20-13-15-10-5-3-4-6-12(10)19-13/h3-6,11H,7H2,1-2H3,(H,14,17). The molecule has 1 amide bonds. The highest BCUT2D eigenvalue weighted by Gasteiger charge is 2.16. The van der Waals surface area contributed by atoms with Crippen molar-refractivity contribution in [2.24, 2.45) is 0 Å². The van der Waals surface area contributed by atoms with Gasteiger partial charge in [-0.3, -0.25) is 9.59 Å². The minimum absolute atomic E-state index is 0.0300. The maximum Gasteiger partial charge on any atom is 0.217 e. The number of nitrogens with one attached hydrogen (secondary N) is 1. The number of nitrogens with zero attached hydrogens (tertiary/aromatic N) is 1. The fourth-order valence-electron chi connectivity index (χ4n) is 1.55. The highest BCUT2D eigenvalue weighted by Crippen LogP contribution is 2.36. The Bertz CT molecular complexity index is 594. The van der Waals surface area contributed by atoms with Gasteiger partial charge in [-0.2, -0.15) is 0 Å². The van der Waals surface area contributed by atoms with Gasteiger partial charge in [-0.1, -0.05) is 22.9 Å². The van der Waals surface area contributed by atoms with E-state index in [1.54, 1.807) is 11.3 Å². The van der Waals surface area contributed by atoms with Crippen LogP contribution in [0.1, 0.15) is 13.8 Å². The molecule has 2 rings (SSSR count). The van der Waals surface area contributed by atoms with E-state index in [0.717, 1.165) is 14.6 Å². The van der Waals surface area contributed by atoms with Crippen LogP contribution in [0.4, 0.5) is 0 Å². The zero-order valence-corrected chi connectivity index (χ0v) is 13.5. The summed E-state index contributed by atoms with van der Waals surface area (Å²) in [4.78, 5) is 26.9. The van der Waals surface area contributed by atoms with Crippen LogP contribution >= 0.6 is 32.9 Å². The third kappa shape index (κ3) is 4.22. The van der Waals surface area contributed by atoms with Crippen LogP contribution in [0.3, 0.4) is 0 Å². The molecular formula is C13H14N2O2S3. The number of hydrogen-bond acceptors (Lipinski definition) is 6. The number of para-hydroxylation sites is 1. The van der Waals surface area contributed by atoms with E-state index in [2.05, 4.69) is 10.3 Å². The van der Waals surface area contributed by atoms with Gasteiger partial charge in [-0.15, -0.1) is 11.3 Å². The third-order valence-electron chi connectivity index (χ3n) is 2.51. The molecule has 1 aromatic carbocycles. The maximum atomic E-state index is 11.4. The lowest BCUT2D eigenvalue weighted by Gasteiger charge is -2.12. The quantitative estimate of drug-likeness (QED) is 0.827. The van der Waals surface area contributed by atoms with Crippen LogP contribution in [0.2, 0.25) is 0 Å². The largest absolute Gasteiger partial charge is 0.346 e. The van der Waals surface area contributed by atoms with Crippen LogP contribution in [-0.2, 0) is 9.59 Å². The van der Waals surface area contributed by atoms with Gasteiger partial charge < -0.3 is 5.32 Å². The average Bonchev–Trinajstić information content (AvgIpc) is 2.79. The summed E-state index contributed by atoms with van der Waals surface area (Å²) < 4.78 is 2.11. The summed E-state index contributed by atoms with van der Waals surface area (Å²) in [6, 6.07) is 7.55. The van der Waals surface area contributed by atoms with Crippen molar-refractivity contribution < 1.29 is 9.59 Å². The van der Waals surface area contributed by atoms with Crippen molar-refractivity contribution in [1.29, 1.82) is 0 Å². The number of hydrogen-bond donors (Lipinski definition) is 1. The van der Waals surface area contributed by atoms with Crippen molar-refractivity contribution in [3.63, 3.8) is 0 Å². The number of Topliss-reactive ketones (excluding diaryl/α,β-unsaturated/α-hetero) is 1. The molecule has 1 atom stereocenters. The Hall–Kier alpha value is -1.05. The number of amides is 1. The normalized spacial score (nSPS) is 12.3. The van der Waals surface area contributed by atoms with Gasteiger partial charge in [0.25, 0.3) is 0 Å². The number of aromatic nitrogens is 1. The number of rotatable bonds is 6. The summed E-state index contributed by atoms with van der Waals surface area (Å²) in [7, 11) is 3.07. The summed E-state index contributed by atoms with van der Waals surface area (Å²) in [5, 5.41) is 2.65. The Kier molecular flexibility index (Phi) is 5.45. The molecule has 0 fully saturated rings. The average molecular weight is 326 g/mol. The van der Waals surface area contributed by atoms with E-state index in [-0.39, 0.29) is 11.7 Å². The third-order valence-corrected chi connectivity index (χ3v) is 6.21. The SMILES string of the molecule is CC(=O)NC(CSSc1nc2ccccc2s1)C(C)=O. The number of carbonyl (C=O) groups excluding carboxylic acids is 2. The maximum absolute atomic E-state index is 11.4. The van der Waals surface area contributed by atoms with Gasteiger partial charge in [0.1, 0.15) is 0 Å². The Morgan fingerprint density at radius 1 is 1.35 bits per heavy atom. The van der Waals surface area contributed by atoms with Crippen molar-refractivity contribution >= 4 is 54.8 Å². The van der Waals surface area contributed by atoms with Crippen LogP contribution in [0.15, 0.2) is 28.6 Å². The molecule has 1 N–H and O–H groups in total. The van der Waals surface area contributed by atoms with Crippen molar-refractivity contribution in [3.8, 4) is 0 Å². The van der Waals surface area contributed by atoms with Crippen LogP contribution < -0.4 is 5.32 Å². The predicted molar refractivity (Wildman–Crippen MR) is 86.2 cm³/mol. The summed E-state index contributed by atoms with van der Waals surface area (Å²) in [5.74, 6) is 0.323. The second-order valence-electron chi connectivity index (χ2n) is 4.18. The minimum Gasteiger partial charge on any atom is -0.346 e. The smallest absolute Gasteiger partial charge is 0.217 e. The minimum atomic E-state index is -0.431. The van der Waals surface area contributed by atoms with Crippen LogP contribution in [-0.4, -0.2) is 28.5 Å². The van der Waals surface area contributed by atoms with Gasteiger partial charge in [0.05, 0.1) is 16.3 Å². The summed E-state index contributed by atoms with van der Waals surface area (Å²) in [6.07, 6.45) is 0. The van der Waals surface area contributed by atoms with Gasteiger partial charge in [0, 0.05) is 12.7 Å². The van der Waals surface area contributed by atoms with E-state index >= 15 is 0 Å². The first-order chi connectivity index (χ1) is 9.56. The molecule has 4 nitrogen and oxygen atoms in total. The Morgan fingerprint density at radius 2 is 2.10 bits per heavy atom. The molecule has 1 aromatic heterocycles. The second-order valence-corrected chi connectivity index (χ2v) is 7.80. The highest BCUT2D eigenvalue weighted by molar-refractivity contribution is 8.77. The zero-order chi connectivity index (χ0) is 14.5. The molecule has 1 heterocycles. The number of benzene rings is 1. The molecule has 0 aliphatic heterocycles. The lowest BCUT2D eigenvalue weighted by atomic mass is 10.2. The zero-order valence-electron chi connectivity index (χ0n) is 11.1. The van der Waals surface area contributed by atoms with E-state index in [1.165, 1.54) is 35.4 Å². The summed E-state index contributed by atoms with van der Waals surface area (Å²) in [5.41, 5.74) is 0.991. The van der Waals surface area contributed by atoms with Crippen molar-refractivity contribution in [2.75, 3.05) is 5.75 Å². The number of thiazole rings is 1. The van der Waals surface area contributed by atoms with Gasteiger partial charge in [0.15, 0.2) is 10.1 Å². The molecule has 0 bridgehead atoms. The number of fused-ring (bicyclic) bond motifs is 1. The second kappa shape index (κ2) is 7.10. The fraction of sp³-hybridized carbons (Fsp3) is 0.308. The Labute approximate surface area is 129 Å². The molecule has 0 saturated heterocycles. The van der Waals surface area contributed by atoms with Gasteiger partial charge in [-0.05, 0) is 29.9 Å². The molecular weight excluding hydrogens is 312 g/mol. The van der Waals surface area contributed by atoms with Crippen molar-refractivity contribution in [3.05, 3.63) is 24.3 Å². The van der Waals surface area contributed by atoms with E-state index < -0.39 is 6.04 Å². The fourth-order valence-corrected chi connectivity index (χ4v) is 5.17. The molecule has 2 aromatic rings. The van der Waals surface area contributed by atoms with Gasteiger partial charge in [0.2, 0.25) is 5.91 Å². The van der Waals surface area contributed by atoms with Crippen LogP contribution in [0.5, 0.6) is 0 Å². The van der Waals surface area contributed by atoms with Crippen molar-refractivity contribution in [1.82, 2.24) is 10.3 Å². The van der Waals surface area contributed by atoms with Gasteiger partial charge >= 0.3 is 0 Å². The van der Waals surface area contributed by atoms with Gasteiger partial charge in [-0.25, -0.2) is 4.98 Å². The monoisotopic (exact) mass is 326 g/mol. The highest BCUT2D eigenvalue weighted by atomic mass is 33.1. The molecule has 0 aliphatic carbocycles. The lowest BCUT2D eigenvalue weighted by Crippen LogP contribution is -2.40. The molecule has 20 heavy (non-hydrogen) atoms. The van der Waals surface area contributed by atoms with Crippen LogP contribution in [0, 0.1) is 0 Å². The number of carbonyl (C=O) groups is 2. The number of ketones is 1. The molecule has 106 valence electrons. The Morgan fingerprint density at radius 3 is 2.75 bits per heavy atom. The Balaban J connectivity index is 1.91. The first kappa shape index (κ1) is 15.3. The molecule has 1 unspecified atom stereocenters.